The van der Waals surface area contributed by atoms with Gasteiger partial charge in [-0.15, -0.1) is 0 Å². The van der Waals surface area contributed by atoms with Gasteiger partial charge >= 0.3 is 0 Å². The van der Waals surface area contributed by atoms with Crippen LogP contribution in [0.3, 0.4) is 0 Å². The highest BCUT2D eigenvalue weighted by molar-refractivity contribution is 7.98. The second-order valence-electron chi connectivity index (χ2n) is 7.38. The largest absolute Gasteiger partial charge is 0.348 e. The van der Waals surface area contributed by atoms with Gasteiger partial charge in [0, 0.05) is 11.6 Å². The van der Waals surface area contributed by atoms with Crippen molar-refractivity contribution in [3.05, 3.63) is 74.3 Å². The number of nitrogens with one attached hydrogen (secondary N) is 2. The molecule has 3 rings (SSSR count). The number of hydrogen-bond acceptors (Lipinski definition) is 5. The van der Waals surface area contributed by atoms with Gasteiger partial charge in [-0.3, -0.25) is 19.7 Å². The Labute approximate surface area is 190 Å². The molecular formula is C22H24ClN3O4S. The fourth-order valence-corrected chi connectivity index (χ4v) is 4.37. The summed E-state index contributed by atoms with van der Waals surface area (Å²) in [6.45, 7) is 0. The molecule has 1 aliphatic carbocycles. The second kappa shape index (κ2) is 10.6. The van der Waals surface area contributed by atoms with Gasteiger partial charge in [-0.2, -0.15) is 11.8 Å². The van der Waals surface area contributed by atoms with Gasteiger partial charge in [-0.1, -0.05) is 35.9 Å². The van der Waals surface area contributed by atoms with E-state index < -0.39 is 16.9 Å². The Morgan fingerprint density at radius 3 is 2.81 bits per heavy atom. The van der Waals surface area contributed by atoms with Crippen molar-refractivity contribution in [2.45, 2.75) is 37.8 Å². The summed E-state index contributed by atoms with van der Waals surface area (Å²) in [5, 5.41) is 16.9. The maximum atomic E-state index is 13.1. The van der Waals surface area contributed by atoms with Crippen molar-refractivity contribution in [1.29, 1.82) is 0 Å². The van der Waals surface area contributed by atoms with Gasteiger partial charge in [0.1, 0.15) is 11.1 Å². The number of halogens is 1. The number of amides is 2. The highest BCUT2D eigenvalue weighted by Gasteiger charge is 2.27. The number of nitro benzene ring substituents is 1. The first-order valence-corrected chi connectivity index (χ1v) is 11.8. The van der Waals surface area contributed by atoms with E-state index >= 15 is 0 Å². The molecule has 0 saturated heterocycles. The number of nitrogens with zero attached hydrogens (tertiary/aromatic N) is 1. The number of benzene rings is 2. The normalized spacial score (nSPS) is 16.1. The zero-order valence-electron chi connectivity index (χ0n) is 17.1. The Hall–Kier alpha value is -2.58. The van der Waals surface area contributed by atoms with E-state index in [0.717, 1.165) is 30.9 Å². The van der Waals surface area contributed by atoms with Gasteiger partial charge in [0.05, 0.1) is 11.0 Å². The maximum Gasteiger partial charge on any atom is 0.288 e. The Balaban J connectivity index is 1.74. The Morgan fingerprint density at radius 1 is 1.29 bits per heavy atom. The smallest absolute Gasteiger partial charge is 0.288 e. The molecule has 0 heterocycles. The third-order valence-electron chi connectivity index (χ3n) is 5.32. The summed E-state index contributed by atoms with van der Waals surface area (Å²) >= 11 is 7.41. The van der Waals surface area contributed by atoms with E-state index in [9.17, 15) is 19.7 Å². The monoisotopic (exact) mass is 461 g/mol. The minimum Gasteiger partial charge on any atom is -0.348 e. The van der Waals surface area contributed by atoms with Gasteiger partial charge in [0.2, 0.25) is 5.91 Å². The lowest BCUT2D eigenvalue weighted by Gasteiger charge is -2.28. The van der Waals surface area contributed by atoms with Crippen LogP contribution in [0, 0.1) is 10.1 Å². The molecule has 0 fully saturated rings. The van der Waals surface area contributed by atoms with Gasteiger partial charge in [-0.25, -0.2) is 0 Å². The van der Waals surface area contributed by atoms with Crippen LogP contribution in [0.4, 0.5) is 5.69 Å². The summed E-state index contributed by atoms with van der Waals surface area (Å²) in [6, 6.07) is 11.1. The average Bonchev–Trinajstić information content (AvgIpc) is 2.76. The molecule has 0 saturated carbocycles. The number of thioether (sulfide) groups is 1. The fraction of sp³-hybridized carbons (Fsp3) is 0.364. The Morgan fingerprint density at radius 2 is 2.06 bits per heavy atom. The van der Waals surface area contributed by atoms with E-state index in [0.29, 0.717) is 12.2 Å². The first kappa shape index (κ1) is 23.1. The molecule has 0 aromatic heterocycles. The van der Waals surface area contributed by atoms with E-state index in [2.05, 4.69) is 16.7 Å². The molecule has 0 unspecified atom stereocenters. The number of rotatable bonds is 8. The molecule has 0 bridgehead atoms. The number of carbonyl (C=O) groups excluding carboxylic acids is 2. The zero-order valence-corrected chi connectivity index (χ0v) is 18.7. The molecule has 2 N–H and O–H groups in total. The second-order valence-corrected chi connectivity index (χ2v) is 8.78. The van der Waals surface area contributed by atoms with E-state index in [4.69, 9.17) is 11.6 Å². The fourth-order valence-electron chi connectivity index (χ4n) is 3.72. The molecule has 0 spiro atoms. The summed E-state index contributed by atoms with van der Waals surface area (Å²) in [7, 11) is 0. The lowest BCUT2D eigenvalue weighted by atomic mass is 9.87. The molecule has 164 valence electrons. The van der Waals surface area contributed by atoms with Gasteiger partial charge < -0.3 is 10.6 Å². The average molecular weight is 462 g/mol. The van der Waals surface area contributed by atoms with Crippen molar-refractivity contribution in [1.82, 2.24) is 10.6 Å². The molecular weight excluding hydrogens is 438 g/mol. The van der Waals surface area contributed by atoms with E-state index in [-0.39, 0.29) is 28.2 Å². The van der Waals surface area contributed by atoms with Crippen molar-refractivity contribution in [2.24, 2.45) is 0 Å². The van der Waals surface area contributed by atoms with Crippen LogP contribution in [-0.4, -0.2) is 34.8 Å². The Bertz CT molecular complexity index is 985. The molecule has 31 heavy (non-hydrogen) atoms. The zero-order chi connectivity index (χ0) is 22.4. The number of nitro groups is 1. The summed E-state index contributed by atoms with van der Waals surface area (Å²) < 4.78 is 0. The summed E-state index contributed by atoms with van der Waals surface area (Å²) in [5.74, 6) is -0.127. The number of hydrogen-bond donors (Lipinski definition) is 2. The van der Waals surface area contributed by atoms with Crippen LogP contribution in [0.25, 0.3) is 0 Å². The van der Waals surface area contributed by atoms with Gasteiger partial charge in [-0.05, 0) is 61.0 Å². The van der Waals surface area contributed by atoms with Crippen LogP contribution < -0.4 is 10.6 Å². The Kier molecular flexibility index (Phi) is 7.92. The third-order valence-corrected chi connectivity index (χ3v) is 6.29. The summed E-state index contributed by atoms with van der Waals surface area (Å²) in [5.41, 5.74) is 2.09. The topological polar surface area (TPSA) is 101 Å². The van der Waals surface area contributed by atoms with Crippen molar-refractivity contribution < 1.29 is 14.5 Å². The van der Waals surface area contributed by atoms with Crippen LogP contribution in [-0.2, 0) is 11.2 Å². The lowest BCUT2D eigenvalue weighted by molar-refractivity contribution is -0.384. The van der Waals surface area contributed by atoms with Crippen LogP contribution in [0.15, 0.2) is 42.5 Å². The SMILES string of the molecule is CSCC[C@@H](NC(=O)c1ccc(Cl)c([N+](=O)[O-])c1)C(=O)N[C@@H]1CCCc2ccccc21. The standard InChI is InChI=1S/C22H24ClN3O4S/c1-31-12-11-19(25-21(27)15-9-10-17(23)20(13-15)26(29)30)22(28)24-18-8-4-6-14-5-2-3-7-16(14)18/h2-3,5,7,9-10,13,18-19H,4,6,8,11-12H2,1H3,(H,24,28)(H,25,27)/t18-,19-/m1/s1. The molecule has 2 aromatic rings. The third kappa shape index (κ3) is 5.77. The molecule has 9 heteroatoms. The highest BCUT2D eigenvalue weighted by atomic mass is 35.5. The number of carbonyl (C=O) groups is 2. The molecule has 2 amide bonds. The molecule has 7 nitrogen and oxygen atoms in total. The van der Waals surface area contributed by atoms with Crippen molar-refractivity contribution in [3.63, 3.8) is 0 Å². The molecule has 2 atom stereocenters. The van der Waals surface area contributed by atoms with Gasteiger partial charge in [0.15, 0.2) is 0 Å². The quantitative estimate of drug-likeness (QED) is 0.451. The maximum absolute atomic E-state index is 13.1. The number of fused-ring (bicyclic) bond motifs is 1. The van der Waals surface area contributed by atoms with E-state index in [1.807, 2.05) is 24.5 Å². The van der Waals surface area contributed by atoms with Crippen LogP contribution >= 0.6 is 23.4 Å². The predicted molar refractivity (Wildman–Crippen MR) is 123 cm³/mol. The van der Waals surface area contributed by atoms with Crippen molar-refractivity contribution in [3.8, 4) is 0 Å². The molecule has 0 aliphatic heterocycles. The highest BCUT2D eigenvalue weighted by Crippen LogP contribution is 2.29. The summed E-state index contributed by atoms with van der Waals surface area (Å²) in [6.07, 6.45) is 5.19. The minimum absolute atomic E-state index is 0.0470. The molecule has 0 radical (unpaired) electrons. The van der Waals surface area contributed by atoms with Crippen LogP contribution in [0.2, 0.25) is 5.02 Å². The van der Waals surface area contributed by atoms with Gasteiger partial charge in [0.25, 0.3) is 11.6 Å². The molecule has 1 aliphatic rings. The lowest BCUT2D eigenvalue weighted by Crippen LogP contribution is -2.48. The van der Waals surface area contributed by atoms with Crippen LogP contribution in [0.5, 0.6) is 0 Å². The van der Waals surface area contributed by atoms with E-state index in [1.165, 1.54) is 17.7 Å². The van der Waals surface area contributed by atoms with Crippen LogP contribution in [0.1, 0.15) is 46.8 Å². The number of aryl methyl sites for hydroxylation is 1. The summed E-state index contributed by atoms with van der Waals surface area (Å²) in [4.78, 5) is 36.3. The first-order valence-electron chi connectivity index (χ1n) is 10.0. The predicted octanol–water partition coefficient (Wildman–Crippen LogP) is 4.29. The minimum atomic E-state index is -0.747. The van der Waals surface area contributed by atoms with E-state index in [1.54, 1.807) is 11.8 Å². The molecule has 2 aromatic carbocycles. The van der Waals surface area contributed by atoms with Crippen molar-refractivity contribution in [2.75, 3.05) is 12.0 Å². The van der Waals surface area contributed by atoms with Crippen molar-refractivity contribution >= 4 is 40.9 Å². The first-order chi connectivity index (χ1) is 14.9.